The van der Waals surface area contributed by atoms with E-state index < -0.39 is 11.5 Å². The van der Waals surface area contributed by atoms with Crippen molar-refractivity contribution in [2.24, 2.45) is 0 Å². The second-order valence-corrected chi connectivity index (χ2v) is 13.7. The molecule has 0 aliphatic heterocycles. The molecule has 8 aromatic rings. The van der Waals surface area contributed by atoms with Crippen molar-refractivity contribution in [3.63, 3.8) is 0 Å². The number of esters is 1. The number of carbonyl (C=O) groups is 1. The van der Waals surface area contributed by atoms with Crippen LogP contribution in [0.1, 0.15) is 46.0 Å². The van der Waals surface area contributed by atoms with Gasteiger partial charge >= 0.3 is 5.97 Å². The second kappa shape index (κ2) is 15.9. The van der Waals surface area contributed by atoms with Crippen molar-refractivity contribution in [1.29, 1.82) is 0 Å². The molecule has 0 N–H and O–H groups in total. The number of ether oxygens (including phenoxy) is 1. The number of anilines is 1. The van der Waals surface area contributed by atoms with Crippen LogP contribution in [0.2, 0.25) is 5.28 Å². The summed E-state index contributed by atoms with van der Waals surface area (Å²) in [6, 6.07) is 53.2. The third kappa shape index (κ3) is 6.67. The van der Waals surface area contributed by atoms with Crippen LogP contribution in [0.25, 0.3) is 33.4 Å². The van der Waals surface area contributed by atoms with E-state index in [-0.39, 0.29) is 5.28 Å². The van der Waals surface area contributed by atoms with Crippen molar-refractivity contribution in [3.05, 3.63) is 191 Å². The van der Waals surface area contributed by atoms with Gasteiger partial charge in [0.1, 0.15) is 11.4 Å². The number of benzene rings is 6. The highest BCUT2D eigenvalue weighted by Gasteiger charge is 2.42. The van der Waals surface area contributed by atoms with Gasteiger partial charge in [-0.25, -0.2) is 14.5 Å². The molecule has 0 aliphatic rings. The van der Waals surface area contributed by atoms with Gasteiger partial charge in [-0.05, 0) is 74.0 Å². The molecule has 0 unspecified atom stereocenters. The van der Waals surface area contributed by atoms with Gasteiger partial charge in [0.15, 0.2) is 5.82 Å². The van der Waals surface area contributed by atoms with E-state index in [0.29, 0.717) is 41.2 Å². The third-order valence-corrected chi connectivity index (χ3v) is 10.2. The molecule has 0 fully saturated rings. The first-order valence-corrected chi connectivity index (χ1v) is 18.8. The molecule has 0 amide bonds. The first-order valence-electron chi connectivity index (χ1n) is 18.5. The quantitative estimate of drug-likeness (QED) is 0.0691. The van der Waals surface area contributed by atoms with Gasteiger partial charge in [0.2, 0.25) is 5.28 Å². The smallest absolute Gasteiger partial charge is 0.338 e. The number of carbonyl (C=O) groups excluding carboxylic acids is 1. The Bertz CT molecular complexity index is 2500. The fourth-order valence-electron chi connectivity index (χ4n) is 7.60. The minimum atomic E-state index is -0.885. The summed E-state index contributed by atoms with van der Waals surface area (Å²) in [4.78, 5) is 24.0. The van der Waals surface area contributed by atoms with Gasteiger partial charge in [-0.1, -0.05) is 153 Å². The Morgan fingerprint density at radius 2 is 1.30 bits per heavy atom. The molecule has 6 aromatic carbocycles. The van der Waals surface area contributed by atoms with E-state index >= 15 is 0 Å². The minimum absolute atomic E-state index is 0.112. The van der Waals surface area contributed by atoms with Crippen LogP contribution in [0, 0.1) is 0 Å². The summed E-state index contributed by atoms with van der Waals surface area (Å²) < 4.78 is 7.07. The topological polar surface area (TPSA) is 98.9 Å². The lowest BCUT2D eigenvalue weighted by molar-refractivity contribution is 0.0603. The van der Waals surface area contributed by atoms with Gasteiger partial charge < -0.3 is 9.64 Å². The number of fused-ring (bicyclic) bond motifs is 1. The highest BCUT2D eigenvalue weighted by molar-refractivity contribution is 6.29. The Labute approximate surface area is 330 Å². The van der Waals surface area contributed by atoms with Gasteiger partial charge in [0, 0.05) is 18.7 Å². The summed E-state index contributed by atoms with van der Waals surface area (Å²) in [5.74, 6) is 0.758. The molecular formula is C46H38ClN7O2. The standard InChI is InChI=1S/C46H38ClN7O2/c1-3-30-53(43-41-39(44(55)56-2)24-15-25-40(41)48-45(47)49-43)31-32-26-28-33(29-27-32)37-22-13-14-23-38(37)42-50-51-52-54(42)46(34-16-7-4-8-17-34,35-18-9-5-10-19-35)36-20-11-6-12-21-36/h4-29H,3,30-31H2,1-2H3. The Morgan fingerprint density at radius 3 is 1.89 bits per heavy atom. The Hall–Kier alpha value is -6.71. The summed E-state index contributed by atoms with van der Waals surface area (Å²) in [5, 5.41) is 14.5. The van der Waals surface area contributed by atoms with Crippen LogP contribution >= 0.6 is 11.6 Å². The molecule has 0 aliphatic carbocycles. The van der Waals surface area contributed by atoms with Crippen molar-refractivity contribution in [2.45, 2.75) is 25.4 Å². The maximum absolute atomic E-state index is 12.8. The maximum Gasteiger partial charge on any atom is 0.338 e. The van der Waals surface area contributed by atoms with Crippen molar-refractivity contribution >= 4 is 34.3 Å². The van der Waals surface area contributed by atoms with E-state index in [9.17, 15) is 4.79 Å². The predicted octanol–water partition coefficient (Wildman–Crippen LogP) is 9.65. The molecule has 2 aromatic heterocycles. The number of rotatable bonds is 12. The van der Waals surface area contributed by atoms with E-state index in [2.05, 4.69) is 136 Å². The Kier molecular flexibility index (Phi) is 10.3. The van der Waals surface area contributed by atoms with Crippen LogP contribution in [0.5, 0.6) is 0 Å². The molecule has 0 atom stereocenters. The summed E-state index contributed by atoms with van der Waals surface area (Å²) in [7, 11) is 1.37. The van der Waals surface area contributed by atoms with Crippen LogP contribution in [0.4, 0.5) is 5.82 Å². The van der Waals surface area contributed by atoms with E-state index in [1.165, 1.54) is 7.11 Å². The summed E-state index contributed by atoms with van der Waals surface area (Å²) in [5.41, 5.74) is 7.11. The molecule has 0 bridgehead atoms. The predicted molar refractivity (Wildman–Crippen MR) is 221 cm³/mol. The number of tetrazole rings is 1. The zero-order valence-electron chi connectivity index (χ0n) is 31.0. The molecule has 9 nitrogen and oxygen atoms in total. The monoisotopic (exact) mass is 755 g/mol. The van der Waals surface area contributed by atoms with Crippen molar-refractivity contribution in [1.82, 2.24) is 30.2 Å². The van der Waals surface area contributed by atoms with E-state index in [1.807, 2.05) is 41.1 Å². The molecule has 0 saturated heterocycles. The molecule has 56 heavy (non-hydrogen) atoms. The van der Waals surface area contributed by atoms with Gasteiger partial charge in [0.05, 0.1) is 23.6 Å². The van der Waals surface area contributed by atoms with Crippen molar-refractivity contribution in [2.75, 3.05) is 18.6 Å². The molecule has 10 heteroatoms. The van der Waals surface area contributed by atoms with Gasteiger partial charge in [-0.2, -0.15) is 4.98 Å². The van der Waals surface area contributed by atoms with E-state index in [1.54, 1.807) is 12.1 Å². The Balaban J connectivity index is 1.21. The highest BCUT2D eigenvalue weighted by atomic mass is 35.5. The van der Waals surface area contributed by atoms with E-state index in [4.69, 9.17) is 26.6 Å². The van der Waals surface area contributed by atoms with E-state index in [0.717, 1.165) is 45.4 Å². The number of aromatic nitrogens is 6. The minimum Gasteiger partial charge on any atom is -0.465 e. The Morgan fingerprint density at radius 1 is 0.714 bits per heavy atom. The van der Waals surface area contributed by atoms with Crippen molar-refractivity contribution < 1.29 is 9.53 Å². The molecule has 0 radical (unpaired) electrons. The molecule has 276 valence electrons. The summed E-state index contributed by atoms with van der Waals surface area (Å²) >= 11 is 6.45. The van der Waals surface area contributed by atoms with Crippen LogP contribution < -0.4 is 4.90 Å². The number of halogens is 1. The lowest BCUT2D eigenvalue weighted by atomic mass is 9.77. The van der Waals surface area contributed by atoms with Crippen LogP contribution in [0.15, 0.2) is 158 Å². The number of nitrogens with zero attached hydrogens (tertiary/aromatic N) is 7. The largest absolute Gasteiger partial charge is 0.465 e. The molecular weight excluding hydrogens is 718 g/mol. The molecule has 0 spiro atoms. The van der Waals surface area contributed by atoms with Crippen molar-refractivity contribution in [3.8, 4) is 22.5 Å². The first kappa shape index (κ1) is 36.3. The third-order valence-electron chi connectivity index (χ3n) is 10.0. The lowest BCUT2D eigenvalue weighted by Crippen LogP contribution is -2.39. The lowest BCUT2D eigenvalue weighted by Gasteiger charge is -2.36. The second-order valence-electron chi connectivity index (χ2n) is 13.4. The zero-order chi connectivity index (χ0) is 38.5. The van der Waals surface area contributed by atoms with Gasteiger partial charge in [-0.15, -0.1) is 5.10 Å². The van der Waals surface area contributed by atoms with Crippen LogP contribution in [-0.2, 0) is 16.8 Å². The molecule has 0 saturated carbocycles. The average molecular weight is 756 g/mol. The fourth-order valence-corrected chi connectivity index (χ4v) is 7.77. The average Bonchev–Trinajstić information content (AvgIpc) is 3.74. The van der Waals surface area contributed by atoms with Crippen LogP contribution in [0.3, 0.4) is 0 Å². The number of methoxy groups -OCH3 is 1. The SMILES string of the molecule is CCCN(Cc1ccc(-c2ccccc2-c2nnnn2C(c2ccccc2)(c2ccccc2)c2ccccc2)cc1)c1nc(Cl)nc2cccc(C(=O)OC)c12. The molecule has 8 rings (SSSR count). The molecule has 2 heterocycles. The zero-order valence-corrected chi connectivity index (χ0v) is 31.7. The summed E-state index contributed by atoms with van der Waals surface area (Å²) in [6.45, 7) is 3.31. The maximum atomic E-state index is 12.8. The van der Waals surface area contributed by atoms with Gasteiger partial charge in [0.25, 0.3) is 0 Å². The first-order chi connectivity index (χ1) is 27.5. The summed E-state index contributed by atoms with van der Waals surface area (Å²) in [6.07, 6.45) is 0.847. The van der Waals surface area contributed by atoms with Crippen LogP contribution in [-0.4, -0.2) is 49.8 Å². The highest BCUT2D eigenvalue weighted by Crippen LogP contribution is 2.43. The fraction of sp³-hybridized carbons (Fsp3) is 0.130. The normalized spacial score (nSPS) is 11.4. The number of hydrogen-bond donors (Lipinski definition) is 0. The number of hydrogen-bond acceptors (Lipinski definition) is 8. The van der Waals surface area contributed by atoms with Gasteiger partial charge in [-0.3, -0.25) is 0 Å².